The Morgan fingerprint density at radius 2 is 1.60 bits per heavy atom. The largest absolute Gasteiger partial charge is 0.260 e. The number of aromatic nitrogens is 2. The Morgan fingerprint density at radius 1 is 0.833 bits per heavy atom. The van der Waals surface area contributed by atoms with Crippen LogP contribution in [0.15, 0.2) is 36.7 Å². The van der Waals surface area contributed by atoms with Crippen LogP contribution in [-0.2, 0) is 5.41 Å². The molecule has 1 unspecified atom stereocenters. The van der Waals surface area contributed by atoms with Crippen molar-refractivity contribution in [3.05, 3.63) is 57.7 Å². The summed E-state index contributed by atoms with van der Waals surface area (Å²) in [5.41, 5.74) is 3.77. The number of fused-ring (bicyclic) bond motifs is 2. The molecule has 0 aliphatic heterocycles. The lowest BCUT2D eigenvalue weighted by molar-refractivity contribution is 0.446. The van der Waals surface area contributed by atoms with Gasteiger partial charge in [-0.25, -0.2) is 0 Å². The molecule has 4 heterocycles. The maximum absolute atomic E-state index is 4.77. The van der Waals surface area contributed by atoms with Crippen LogP contribution < -0.4 is 0 Å². The Morgan fingerprint density at radius 3 is 2.30 bits per heavy atom. The van der Waals surface area contributed by atoms with Gasteiger partial charge in [0, 0.05) is 37.9 Å². The lowest BCUT2D eigenvalue weighted by atomic mass is 9.80. The van der Waals surface area contributed by atoms with Crippen LogP contribution in [-0.4, -0.2) is 9.97 Å². The second-order valence-electron chi connectivity index (χ2n) is 9.86. The highest BCUT2D eigenvalue weighted by Gasteiger charge is 2.27. The van der Waals surface area contributed by atoms with Crippen molar-refractivity contribution in [2.24, 2.45) is 0 Å². The number of thiophene rings is 2. The second kappa shape index (κ2) is 8.05. The second-order valence-corrected chi connectivity index (χ2v) is 12.1. The van der Waals surface area contributed by atoms with Crippen molar-refractivity contribution in [1.29, 1.82) is 0 Å². The van der Waals surface area contributed by atoms with E-state index in [-0.39, 0.29) is 5.41 Å². The summed E-state index contributed by atoms with van der Waals surface area (Å²) < 4.78 is 2.67. The molecule has 4 heteroatoms. The fourth-order valence-corrected chi connectivity index (χ4v) is 6.35. The van der Waals surface area contributed by atoms with Crippen molar-refractivity contribution in [2.75, 3.05) is 0 Å². The zero-order chi connectivity index (χ0) is 21.6. The molecule has 0 bridgehead atoms. The van der Waals surface area contributed by atoms with E-state index in [0.29, 0.717) is 17.8 Å². The maximum atomic E-state index is 4.77. The average Bonchev–Trinajstić information content (AvgIpc) is 3.30. The molecule has 0 aliphatic carbocycles. The minimum atomic E-state index is 0.106. The fourth-order valence-electron chi connectivity index (χ4n) is 4.09. The van der Waals surface area contributed by atoms with Crippen LogP contribution in [0.25, 0.3) is 20.3 Å². The van der Waals surface area contributed by atoms with E-state index in [1.165, 1.54) is 35.8 Å². The minimum absolute atomic E-state index is 0.106. The molecule has 0 saturated carbocycles. The minimum Gasteiger partial charge on any atom is -0.260 e. The van der Waals surface area contributed by atoms with E-state index < -0.39 is 0 Å². The number of hydrogen-bond donors (Lipinski definition) is 0. The molecule has 0 N–H and O–H groups in total. The highest BCUT2D eigenvalue weighted by Crippen LogP contribution is 2.41. The van der Waals surface area contributed by atoms with Gasteiger partial charge in [0.2, 0.25) is 0 Å². The van der Waals surface area contributed by atoms with Crippen molar-refractivity contribution >= 4 is 43.0 Å². The molecule has 0 fully saturated rings. The summed E-state index contributed by atoms with van der Waals surface area (Å²) in [5.74, 6) is 1.47. The van der Waals surface area contributed by atoms with Gasteiger partial charge in [0.25, 0.3) is 0 Å². The molecule has 4 rings (SSSR count). The molecule has 158 valence electrons. The highest BCUT2D eigenvalue weighted by molar-refractivity contribution is 7.19. The Bertz CT molecular complexity index is 1180. The summed E-state index contributed by atoms with van der Waals surface area (Å²) in [6.07, 6.45) is 5.23. The Balaban J connectivity index is 1.59. The van der Waals surface area contributed by atoms with Crippen molar-refractivity contribution in [2.45, 2.75) is 78.1 Å². The zero-order valence-corrected chi connectivity index (χ0v) is 20.7. The monoisotopic (exact) mass is 436 g/mol. The van der Waals surface area contributed by atoms with E-state index >= 15 is 0 Å². The van der Waals surface area contributed by atoms with Gasteiger partial charge in [-0.15, -0.1) is 22.7 Å². The smallest absolute Gasteiger partial charge is 0.0812 e. The molecule has 4 aromatic rings. The third kappa shape index (κ3) is 4.17. The third-order valence-corrected chi connectivity index (χ3v) is 8.88. The molecule has 2 nitrogen and oxygen atoms in total. The predicted octanol–water partition coefficient (Wildman–Crippen LogP) is 8.62. The van der Waals surface area contributed by atoms with Crippen LogP contribution in [0.5, 0.6) is 0 Å². The Labute approximate surface area is 188 Å². The van der Waals surface area contributed by atoms with E-state index in [9.17, 15) is 0 Å². The topological polar surface area (TPSA) is 25.8 Å². The van der Waals surface area contributed by atoms with Gasteiger partial charge in [0.1, 0.15) is 0 Å². The van der Waals surface area contributed by atoms with Crippen LogP contribution in [0.1, 0.15) is 93.7 Å². The Kier molecular flexibility index (Phi) is 5.75. The summed E-state index contributed by atoms with van der Waals surface area (Å²) >= 11 is 3.82. The van der Waals surface area contributed by atoms with Crippen LogP contribution in [0.3, 0.4) is 0 Å². The molecule has 0 aliphatic rings. The molecule has 30 heavy (non-hydrogen) atoms. The third-order valence-electron chi connectivity index (χ3n) is 6.05. The molecule has 0 amide bonds. The molecule has 0 radical (unpaired) electrons. The number of rotatable bonds is 6. The SMILES string of the molecule is CC(C)c1cc2sc(C(C)(C)CC(C)c3cnc4cc(C(C)C)sc4c3)cc2cn1. The van der Waals surface area contributed by atoms with Gasteiger partial charge in [-0.3, -0.25) is 9.97 Å². The van der Waals surface area contributed by atoms with Crippen LogP contribution in [0, 0.1) is 0 Å². The van der Waals surface area contributed by atoms with Gasteiger partial charge in [0.15, 0.2) is 0 Å². The maximum Gasteiger partial charge on any atom is 0.0812 e. The average molecular weight is 437 g/mol. The molecular weight excluding hydrogens is 404 g/mol. The first-order valence-electron chi connectivity index (χ1n) is 10.9. The number of hydrogen-bond acceptors (Lipinski definition) is 4. The first-order chi connectivity index (χ1) is 14.1. The zero-order valence-electron chi connectivity index (χ0n) is 19.1. The molecule has 0 spiro atoms. The van der Waals surface area contributed by atoms with Gasteiger partial charge in [-0.2, -0.15) is 0 Å². The van der Waals surface area contributed by atoms with Gasteiger partial charge < -0.3 is 0 Å². The summed E-state index contributed by atoms with van der Waals surface area (Å²) in [4.78, 5) is 12.3. The highest BCUT2D eigenvalue weighted by atomic mass is 32.1. The first kappa shape index (κ1) is 21.5. The quantitative estimate of drug-likeness (QED) is 0.302. The Hall–Kier alpha value is -1.78. The van der Waals surface area contributed by atoms with Crippen LogP contribution >= 0.6 is 22.7 Å². The van der Waals surface area contributed by atoms with E-state index in [2.05, 4.69) is 83.9 Å². The number of nitrogens with zero attached hydrogens (tertiary/aromatic N) is 2. The lowest BCUT2D eigenvalue weighted by Gasteiger charge is -2.27. The lowest BCUT2D eigenvalue weighted by Crippen LogP contribution is -2.18. The molecule has 4 aromatic heterocycles. The van der Waals surface area contributed by atoms with Gasteiger partial charge >= 0.3 is 0 Å². The number of pyridine rings is 2. The molecular formula is C26H32N2S2. The summed E-state index contributed by atoms with van der Waals surface area (Å²) in [7, 11) is 0. The van der Waals surface area contributed by atoms with Gasteiger partial charge in [-0.1, -0.05) is 48.5 Å². The normalized spacial score (nSPS) is 13.8. The van der Waals surface area contributed by atoms with Crippen molar-refractivity contribution in [3.8, 4) is 0 Å². The van der Waals surface area contributed by atoms with Crippen LogP contribution in [0.2, 0.25) is 0 Å². The van der Waals surface area contributed by atoms with Gasteiger partial charge in [-0.05, 0) is 59.4 Å². The van der Waals surface area contributed by atoms with E-state index in [1.54, 1.807) is 0 Å². The van der Waals surface area contributed by atoms with Gasteiger partial charge in [0.05, 0.1) is 10.2 Å². The first-order valence-corrected chi connectivity index (χ1v) is 12.6. The van der Waals surface area contributed by atoms with Crippen molar-refractivity contribution in [1.82, 2.24) is 9.97 Å². The van der Waals surface area contributed by atoms with E-state index in [0.717, 1.165) is 11.9 Å². The van der Waals surface area contributed by atoms with E-state index in [4.69, 9.17) is 4.98 Å². The van der Waals surface area contributed by atoms with E-state index in [1.807, 2.05) is 28.9 Å². The summed E-state index contributed by atoms with van der Waals surface area (Å²) in [5, 5.41) is 1.27. The summed E-state index contributed by atoms with van der Waals surface area (Å²) in [6.45, 7) is 16.0. The molecule has 0 aromatic carbocycles. The van der Waals surface area contributed by atoms with Crippen molar-refractivity contribution < 1.29 is 0 Å². The van der Waals surface area contributed by atoms with Crippen LogP contribution in [0.4, 0.5) is 0 Å². The summed E-state index contributed by atoms with van der Waals surface area (Å²) in [6, 6.07) is 9.23. The standard InChI is InChI=1S/C26H32N2S2/c1-15(2)20-10-23-19(14-27-20)9-25(30-23)26(6,7)12-17(5)18-8-24-21(28-13-18)11-22(29-24)16(3)4/h8-11,13-17H,12H2,1-7H3. The molecule has 0 saturated heterocycles. The van der Waals surface area contributed by atoms with Crippen molar-refractivity contribution in [3.63, 3.8) is 0 Å². The molecule has 1 atom stereocenters. The predicted molar refractivity (Wildman–Crippen MR) is 133 cm³/mol. The fraction of sp³-hybridized carbons (Fsp3) is 0.462.